The number of hydrogen-bond donors (Lipinski definition) is 1. The molecule has 0 heterocycles. The van der Waals surface area contributed by atoms with Gasteiger partial charge in [-0.3, -0.25) is 0 Å². The van der Waals surface area contributed by atoms with Gasteiger partial charge in [0.25, 0.3) is 0 Å². The monoisotopic (exact) mass is 222 g/mol. The minimum absolute atomic E-state index is 0.0192. The predicted octanol–water partition coefficient (Wildman–Crippen LogP) is 3.47. The highest BCUT2D eigenvalue weighted by Gasteiger charge is 2.54. The fourth-order valence-corrected chi connectivity index (χ4v) is 5.16. The van der Waals surface area contributed by atoms with Crippen LogP contribution in [-0.2, 0) is 0 Å². The minimum Gasteiger partial charge on any atom is -0.393 e. The van der Waals surface area contributed by atoms with Gasteiger partial charge in [0.2, 0.25) is 0 Å². The van der Waals surface area contributed by atoms with Crippen LogP contribution in [0.4, 0.5) is 0 Å². The maximum absolute atomic E-state index is 10.5. The van der Waals surface area contributed by atoms with E-state index in [2.05, 4.69) is 20.8 Å². The Kier molecular flexibility index (Phi) is 2.41. The van der Waals surface area contributed by atoms with Crippen LogP contribution in [0.25, 0.3) is 0 Å². The number of fused-ring (bicyclic) bond motifs is 3. The molecule has 3 aliphatic carbocycles. The quantitative estimate of drug-likeness (QED) is 0.665. The van der Waals surface area contributed by atoms with Crippen molar-refractivity contribution in [2.75, 3.05) is 0 Å². The van der Waals surface area contributed by atoms with Gasteiger partial charge in [0, 0.05) is 0 Å². The van der Waals surface area contributed by atoms with E-state index in [4.69, 9.17) is 0 Å². The van der Waals surface area contributed by atoms with Crippen molar-refractivity contribution in [1.82, 2.24) is 0 Å². The molecule has 0 aliphatic heterocycles. The Morgan fingerprint density at radius 2 is 1.81 bits per heavy atom. The van der Waals surface area contributed by atoms with Crippen LogP contribution in [0.5, 0.6) is 0 Å². The van der Waals surface area contributed by atoms with Gasteiger partial charge in [-0.1, -0.05) is 20.8 Å². The van der Waals surface area contributed by atoms with Crippen LogP contribution in [0.15, 0.2) is 0 Å². The molecule has 3 saturated carbocycles. The molecular weight excluding hydrogens is 196 g/mol. The fourth-order valence-electron chi connectivity index (χ4n) is 5.16. The van der Waals surface area contributed by atoms with Gasteiger partial charge in [-0.25, -0.2) is 0 Å². The van der Waals surface area contributed by atoms with E-state index < -0.39 is 0 Å². The first-order valence-electron chi connectivity index (χ1n) is 7.15. The summed E-state index contributed by atoms with van der Waals surface area (Å²) in [6.45, 7) is 7.18. The van der Waals surface area contributed by atoms with Crippen molar-refractivity contribution in [3.8, 4) is 0 Å². The van der Waals surface area contributed by atoms with Crippen LogP contribution >= 0.6 is 0 Å². The van der Waals surface area contributed by atoms with E-state index in [0.29, 0.717) is 17.3 Å². The third-order valence-corrected chi connectivity index (χ3v) is 5.87. The highest BCUT2D eigenvalue weighted by molar-refractivity contribution is 5.04. The number of hydrogen-bond acceptors (Lipinski definition) is 1. The normalized spacial score (nSPS) is 54.8. The Morgan fingerprint density at radius 3 is 2.50 bits per heavy atom. The molecule has 1 nitrogen and oxygen atoms in total. The van der Waals surface area contributed by atoms with Crippen molar-refractivity contribution in [3.63, 3.8) is 0 Å². The molecule has 3 aliphatic rings. The summed E-state index contributed by atoms with van der Waals surface area (Å²) in [5.74, 6) is 3.83. The molecule has 2 bridgehead atoms. The van der Waals surface area contributed by atoms with Gasteiger partial charge < -0.3 is 5.11 Å². The van der Waals surface area contributed by atoms with Crippen molar-refractivity contribution >= 4 is 0 Å². The SMILES string of the molecule is CC1CC2CC(C1)C(O)C1CC(C)(C)C1C2. The van der Waals surface area contributed by atoms with Crippen LogP contribution in [-0.4, -0.2) is 11.2 Å². The van der Waals surface area contributed by atoms with Gasteiger partial charge in [-0.05, 0) is 67.1 Å². The summed E-state index contributed by atoms with van der Waals surface area (Å²) in [6.07, 6.45) is 6.69. The van der Waals surface area contributed by atoms with Gasteiger partial charge in [-0.2, -0.15) is 0 Å². The Balaban J connectivity index is 1.84. The van der Waals surface area contributed by atoms with Gasteiger partial charge in [0.1, 0.15) is 0 Å². The summed E-state index contributed by atoms with van der Waals surface area (Å²) in [7, 11) is 0. The summed E-state index contributed by atoms with van der Waals surface area (Å²) in [4.78, 5) is 0. The summed E-state index contributed by atoms with van der Waals surface area (Å²) in [5, 5.41) is 10.5. The molecule has 16 heavy (non-hydrogen) atoms. The van der Waals surface area contributed by atoms with E-state index in [1.165, 1.54) is 32.1 Å². The summed E-state index contributed by atoms with van der Waals surface area (Å²) in [6, 6.07) is 0. The summed E-state index contributed by atoms with van der Waals surface area (Å²) < 4.78 is 0. The molecule has 0 amide bonds. The molecule has 0 aromatic rings. The van der Waals surface area contributed by atoms with Crippen molar-refractivity contribution in [3.05, 3.63) is 0 Å². The van der Waals surface area contributed by atoms with Crippen LogP contribution in [0.2, 0.25) is 0 Å². The molecule has 92 valence electrons. The zero-order chi connectivity index (χ0) is 11.5. The van der Waals surface area contributed by atoms with Crippen molar-refractivity contribution in [2.45, 2.75) is 59.0 Å². The third kappa shape index (κ3) is 1.54. The molecule has 0 spiro atoms. The van der Waals surface area contributed by atoms with Gasteiger partial charge in [0.15, 0.2) is 0 Å². The lowest BCUT2D eigenvalue weighted by molar-refractivity contribution is -0.0962. The molecule has 6 unspecified atom stereocenters. The number of aliphatic hydroxyl groups is 1. The summed E-state index contributed by atoms with van der Waals surface area (Å²) >= 11 is 0. The van der Waals surface area contributed by atoms with E-state index >= 15 is 0 Å². The molecule has 0 aromatic carbocycles. The lowest BCUT2D eigenvalue weighted by Gasteiger charge is -2.53. The first-order chi connectivity index (χ1) is 7.47. The first kappa shape index (κ1) is 11.1. The van der Waals surface area contributed by atoms with E-state index in [-0.39, 0.29) is 6.10 Å². The zero-order valence-electron chi connectivity index (χ0n) is 10.9. The Hall–Kier alpha value is -0.0400. The molecule has 0 radical (unpaired) electrons. The predicted molar refractivity (Wildman–Crippen MR) is 66.0 cm³/mol. The maximum Gasteiger partial charge on any atom is 0.0599 e. The van der Waals surface area contributed by atoms with E-state index in [0.717, 1.165) is 17.8 Å². The van der Waals surface area contributed by atoms with E-state index in [1.54, 1.807) is 0 Å². The molecule has 1 N–H and O–H groups in total. The molecule has 0 aromatic heterocycles. The Morgan fingerprint density at radius 1 is 1.06 bits per heavy atom. The third-order valence-electron chi connectivity index (χ3n) is 5.87. The van der Waals surface area contributed by atoms with E-state index in [1.807, 2.05) is 0 Å². The smallest absolute Gasteiger partial charge is 0.0599 e. The average molecular weight is 222 g/mol. The van der Waals surface area contributed by atoms with Crippen LogP contribution in [0, 0.1) is 35.0 Å². The van der Waals surface area contributed by atoms with Gasteiger partial charge >= 0.3 is 0 Å². The largest absolute Gasteiger partial charge is 0.393 e. The maximum atomic E-state index is 10.5. The number of aliphatic hydroxyl groups excluding tert-OH is 1. The van der Waals surface area contributed by atoms with Gasteiger partial charge in [-0.15, -0.1) is 0 Å². The summed E-state index contributed by atoms with van der Waals surface area (Å²) in [5.41, 5.74) is 0.506. The highest BCUT2D eigenvalue weighted by atomic mass is 16.3. The number of rotatable bonds is 0. The van der Waals surface area contributed by atoms with Crippen molar-refractivity contribution in [1.29, 1.82) is 0 Å². The lowest BCUT2D eigenvalue weighted by atomic mass is 9.52. The highest BCUT2D eigenvalue weighted by Crippen LogP contribution is 2.60. The Bertz CT molecular complexity index is 283. The van der Waals surface area contributed by atoms with E-state index in [9.17, 15) is 5.11 Å². The van der Waals surface area contributed by atoms with Gasteiger partial charge in [0.05, 0.1) is 6.10 Å². The second-order valence-electron chi connectivity index (χ2n) is 7.63. The lowest BCUT2D eigenvalue weighted by Crippen LogP contribution is -2.49. The molecule has 0 saturated heterocycles. The minimum atomic E-state index is 0.0192. The van der Waals surface area contributed by atoms with Crippen LogP contribution < -0.4 is 0 Å². The molecule has 3 rings (SSSR count). The standard InChI is InChI=1S/C15H26O/c1-9-4-10-6-11(5-9)14(16)12-8-15(2,3)13(12)7-10/h9-14,16H,4-8H2,1-3H3. The van der Waals surface area contributed by atoms with Crippen molar-refractivity contribution < 1.29 is 5.11 Å². The molecule has 6 atom stereocenters. The second-order valence-corrected chi connectivity index (χ2v) is 7.63. The van der Waals surface area contributed by atoms with Crippen LogP contribution in [0.3, 0.4) is 0 Å². The van der Waals surface area contributed by atoms with Crippen molar-refractivity contribution in [2.24, 2.45) is 35.0 Å². The first-order valence-corrected chi connectivity index (χ1v) is 7.15. The zero-order valence-corrected chi connectivity index (χ0v) is 10.9. The Labute approximate surface area is 99.6 Å². The molecule has 3 fully saturated rings. The fraction of sp³-hybridized carbons (Fsp3) is 1.00. The van der Waals surface area contributed by atoms with Crippen LogP contribution in [0.1, 0.15) is 52.9 Å². The topological polar surface area (TPSA) is 20.2 Å². The molecule has 1 heteroatoms. The second kappa shape index (κ2) is 3.48. The average Bonchev–Trinajstić information content (AvgIpc) is 2.27. The molecular formula is C15H26O.